The fraction of sp³-hybridized carbons (Fsp3) is 0.391. The van der Waals surface area contributed by atoms with Gasteiger partial charge in [-0.3, -0.25) is 9.69 Å². The lowest BCUT2D eigenvalue weighted by Crippen LogP contribution is -2.37. The molecule has 1 aromatic heterocycles. The first-order valence-electron chi connectivity index (χ1n) is 10.2. The molecule has 0 aliphatic carbocycles. The maximum atomic E-state index is 13.2. The number of benzene rings is 2. The summed E-state index contributed by atoms with van der Waals surface area (Å²) in [7, 11) is 0. The Morgan fingerprint density at radius 2 is 2.07 bits per heavy atom. The van der Waals surface area contributed by atoms with Crippen LogP contribution in [0.25, 0.3) is 10.2 Å². The predicted molar refractivity (Wildman–Crippen MR) is 127 cm³/mol. The van der Waals surface area contributed by atoms with Gasteiger partial charge in [-0.2, -0.15) is 0 Å². The van der Waals surface area contributed by atoms with Crippen LogP contribution in [0.4, 0.5) is 5.13 Å². The highest BCUT2D eigenvalue weighted by Gasteiger charge is 2.26. The van der Waals surface area contributed by atoms with E-state index in [1.165, 1.54) is 11.1 Å². The maximum Gasteiger partial charge on any atom is 0.229 e. The number of hydrogen-bond donors (Lipinski definition) is 0. The van der Waals surface area contributed by atoms with Crippen molar-refractivity contribution in [3.05, 3.63) is 52.5 Å². The molecule has 2 aromatic carbocycles. The van der Waals surface area contributed by atoms with E-state index in [-0.39, 0.29) is 12.0 Å². The molecule has 2 heterocycles. The number of nitrogens with zero attached hydrogens (tertiary/aromatic N) is 2. The van der Waals surface area contributed by atoms with Crippen LogP contribution < -0.4 is 4.90 Å². The number of carbonyl (C=O) groups is 1. The highest BCUT2D eigenvalue weighted by atomic mass is 35.5. The molecule has 1 unspecified atom stereocenters. The Kier molecular flexibility index (Phi) is 6.98. The molecule has 4 nitrogen and oxygen atoms in total. The van der Waals surface area contributed by atoms with Gasteiger partial charge in [0.2, 0.25) is 5.91 Å². The molecule has 1 saturated heterocycles. The molecule has 30 heavy (non-hydrogen) atoms. The van der Waals surface area contributed by atoms with E-state index in [1.54, 1.807) is 23.1 Å². The topological polar surface area (TPSA) is 42.4 Å². The summed E-state index contributed by atoms with van der Waals surface area (Å²) in [5.41, 5.74) is 3.39. The van der Waals surface area contributed by atoms with Crippen molar-refractivity contribution >= 4 is 56.0 Å². The van der Waals surface area contributed by atoms with Crippen molar-refractivity contribution in [2.75, 3.05) is 23.8 Å². The molecule has 158 valence electrons. The van der Waals surface area contributed by atoms with Gasteiger partial charge in [-0.15, -0.1) is 11.8 Å². The molecule has 0 bridgehead atoms. The number of ether oxygens (including phenoxy) is 1. The average Bonchev–Trinajstić information content (AvgIpc) is 3.40. The molecule has 1 fully saturated rings. The molecule has 0 saturated carbocycles. The number of halogens is 1. The summed E-state index contributed by atoms with van der Waals surface area (Å²) in [6.45, 7) is 5.53. The second-order valence-electron chi connectivity index (χ2n) is 7.54. The van der Waals surface area contributed by atoms with Crippen LogP contribution in [0.5, 0.6) is 0 Å². The third kappa shape index (κ3) is 4.99. The molecule has 4 rings (SSSR count). The minimum absolute atomic E-state index is 0.0905. The minimum atomic E-state index is 0.0905. The van der Waals surface area contributed by atoms with E-state index < -0.39 is 0 Å². The summed E-state index contributed by atoms with van der Waals surface area (Å²) < 4.78 is 6.94. The Hall–Kier alpha value is -1.60. The van der Waals surface area contributed by atoms with Crippen molar-refractivity contribution in [1.29, 1.82) is 0 Å². The van der Waals surface area contributed by atoms with Gasteiger partial charge in [0.25, 0.3) is 0 Å². The number of aromatic nitrogens is 1. The molecular weight excluding hydrogens is 436 g/mol. The number of thiazole rings is 1. The Bertz CT molecular complexity index is 1030. The first-order valence-corrected chi connectivity index (χ1v) is 12.4. The number of fused-ring (bicyclic) bond motifs is 1. The summed E-state index contributed by atoms with van der Waals surface area (Å²) in [6, 6.07) is 11.9. The summed E-state index contributed by atoms with van der Waals surface area (Å²) in [5, 5.41) is 1.50. The second-order valence-corrected chi connectivity index (χ2v) is 10.2. The SMILES string of the molecule is Cc1ccc2sc(N(CC3CCCO3)C(=O)CCSc3ccc(Cl)cc3)nc2c1C. The average molecular weight is 461 g/mol. The van der Waals surface area contributed by atoms with E-state index in [9.17, 15) is 4.79 Å². The molecular formula is C23H25ClN2O2S2. The highest BCUT2D eigenvalue weighted by molar-refractivity contribution is 7.99. The van der Waals surface area contributed by atoms with E-state index in [1.807, 2.05) is 29.2 Å². The molecule has 1 amide bonds. The number of thioether (sulfide) groups is 1. The van der Waals surface area contributed by atoms with Gasteiger partial charge in [0.15, 0.2) is 5.13 Å². The van der Waals surface area contributed by atoms with E-state index >= 15 is 0 Å². The van der Waals surface area contributed by atoms with Gasteiger partial charge >= 0.3 is 0 Å². The Morgan fingerprint density at radius 1 is 1.27 bits per heavy atom. The van der Waals surface area contributed by atoms with Crippen LogP contribution in [-0.4, -0.2) is 35.9 Å². The van der Waals surface area contributed by atoms with Gasteiger partial charge < -0.3 is 4.74 Å². The minimum Gasteiger partial charge on any atom is -0.376 e. The van der Waals surface area contributed by atoms with Gasteiger partial charge in [0, 0.05) is 28.7 Å². The smallest absolute Gasteiger partial charge is 0.229 e. The van der Waals surface area contributed by atoms with Gasteiger partial charge in [0.1, 0.15) is 0 Å². The van der Waals surface area contributed by atoms with E-state index in [4.69, 9.17) is 21.3 Å². The molecule has 0 N–H and O–H groups in total. The van der Waals surface area contributed by atoms with E-state index in [0.717, 1.165) is 44.7 Å². The largest absolute Gasteiger partial charge is 0.376 e. The van der Waals surface area contributed by atoms with Crippen molar-refractivity contribution in [1.82, 2.24) is 4.98 Å². The fourth-order valence-electron chi connectivity index (χ4n) is 3.53. The van der Waals surface area contributed by atoms with Gasteiger partial charge in [-0.05, 0) is 68.1 Å². The third-order valence-corrected chi connectivity index (χ3v) is 7.72. The lowest BCUT2D eigenvalue weighted by Gasteiger charge is -2.23. The fourth-order valence-corrected chi connectivity index (χ4v) is 5.55. The zero-order valence-electron chi connectivity index (χ0n) is 17.2. The number of hydrogen-bond acceptors (Lipinski definition) is 5. The number of amides is 1. The van der Waals surface area contributed by atoms with Gasteiger partial charge in [-0.25, -0.2) is 4.98 Å². The predicted octanol–water partition coefficient (Wildman–Crippen LogP) is 6.26. The van der Waals surface area contributed by atoms with Gasteiger partial charge in [-0.1, -0.05) is 29.0 Å². The Balaban J connectivity index is 1.50. The number of aryl methyl sites for hydroxylation is 2. The molecule has 0 radical (unpaired) electrons. The van der Waals surface area contributed by atoms with Crippen LogP contribution >= 0.6 is 34.7 Å². The van der Waals surface area contributed by atoms with Crippen LogP contribution in [0.2, 0.25) is 5.02 Å². The lowest BCUT2D eigenvalue weighted by molar-refractivity contribution is -0.118. The van der Waals surface area contributed by atoms with Crippen molar-refractivity contribution in [2.24, 2.45) is 0 Å². The van der Waals surface area contributed by atoms with Crippen LogP contribution in [0.3, 0.4) is 0 Å². The van der Waals surface area contributed by atoms with Crippen LogP contribution in [0.15, 0.2) is 41.3 Å². The molecule has 0 spiro atoms. The quantitative estimate of drug-likeness (QED) is 0.390. The first-order chi connectivity index (χ1) is 14.5. The summed E-state index contributed by atoms with van der Waals surface area (Å²) in [6.07, 6.45) is 2.59. The highest BCUT2D eigenvalue weighted by Crippen LogP contribution is 2.33. The van der Waals surface area contributed by atoms with Crippen molar-refractivity contribution < 1.29 is 9.53 Å². The van der Waals surface area contributed by atoms with E-state index in [2.05, 4.69) is 26.0 Å². The molecule has 3 aromatic rings. The number of anilines is 1. The molecule has 1 atom stereocenters. The summed E-state index contributed by atoms with van der Waals surface area (Å²) in [5.74, 6) is 0.811. The molecule has 7 heteroatoms. The molecule has 1 aliphatic rings. The van der Waals surface area contributed by atoms with Gasteiger partial charge in [0.05, 0.1) is 22.9 Å². The standard InChI is InChI=1S/C23H25ClN2O2S2/c1-15-5-10-20-22(16(15)2)25-23(30-20)26(14-18-4-3-12-28-18)21(27)11-13-29-19-8-6-17(24)7-9-19/h5-10,18H,3-4,11-14H2,1-2H3. The van der Waals surface area contributed by atoms with Crippen LogP contribution in [0.1, 0.15) is 30.4 Å². The summed E-state index contributed by atoms with van der Waals surface area (Å²) in [4.78, 5) is 21.0. The van der Waals surface area contributed by atoms with E-state index in [0.29, 0.717) is 18.7 Å². The first kappa shape index (κ1) is 21.6. The number of rotatable bonds is 7. The van der Waals surface area contributed by atoms with Crippen molar-refractivity contribution in [3.63, 3.8) is 0 Å². The monoisotopic (exact) mass is 460 g/mol. The van der Waals surface area contributed by atoms with Crippen molar-refractivity contribution in [3.8, 4) is 0 Å². The molecule has 1 aliphatic heterocycles. The Morgan fingerprint density at radius 3 is 2.80 bits per heavy atom. The second kappa shape index (κ2) is 9.69. The zero-order chi connectivity index (χ0) is 21.1. The summed E-state index contributed by atoms with van der Waals surface area (Å²) >= 11 is 9.21. The van der Waals surface area contributed by atoms with Crippen LogP contribution in [0, 0.1) is 13.8 Å². The lowest BCUT2D eigenvalue weighted by atomic mass is 10.1. The Labute approximate surface area is 190 Å². The third-order valence-electron chi connectivity index (χ3n) is 5.41. The number of carbonyl (C=O) groups excluding carboxylic acids is 1. The van der Waals surface area contributed by atoms with Crippen LogP contribution in [-0.2, 0) is 9.53 Å². The normalized spacial score (nSPS) is 16.3. The zero-order valence-corrected chi connectivity index (χ0v) is 19.6. The maximum absolute atomic E-state index is 13.2. The van der Waals surface area contributed by atoms with Crippen molar-refractivity contribution in [2.45, 2.75) is 44.1 Å².